The van der Waals surface area contributed by atoms with Gasteiger partial charge in [0.05, 0.1) is 12.2 Å². The third-order valence-electron chi connectivity index (χ3n) is 4.15. The summed E-state index contributed by atoms with van der Waals surface area (Å²) in [4.78, 5) is 24.0. The molecular weight excluding hydrogens is 342 g/mol. The van der Waals surface area contributed by atoms with Gasteiger partial charge in [-0.1, -0.05) is 30.3 Å². The van der Waals surface area contributed by atoms with Gasteiger partial charge in [0.15, 0.2) is 6.10 Å². The van der Waals surface area contributed by atoms with Crippen LogP contribution in [0.1, 0.15) is 43.1 Å². The molecule has 0 bridgehead atoms. The van der Waals surface area contributed by atoms with Crippen LogP contribution < -0.4 is 10.1 Å². The van der Waals surface area contributed by atoms with Gasteiger partial charge in [-0.15, -0.1) is 0 Å². The highest BCUT2D eigenvalue weighted by atomic mass is 16.5. The summed E-state index contributed by atoms with van der Waals surface area (Å²) in [5.41, 5.74) is 1.71. The van der Waals surface area contributed by atoms with Crippen LogP contribution in [0, 0.1) is 0 Å². The van der Waals surface area contributed by atoms with Gasteiger partial charge in [-0.2, -0.15) is 0 Å². The second-order valence-electron chi connectivity index (χ2n) is 6.44. The van der Waals surface area contributed by atoms with E-state index in [1.54, 1.807) is 38.1 Å². The molecule has 0 aliphatic carbocycles. The number of benzene rings is 2. The number of esters is 1. The first kappa shape index (κ1) is 20.5. The number of hydrogen-bond donors (Lipinski definition) is 1. The van der Waals surface area contributed by atoms with E-state index in [-0.39, 0.29) is 17.9 Å². The number of carbonyl (C=O) groups excluding carboxylic acids is 2. The lowest BCUT2D eigenvalue weighted by Crippen LogP contribution is -2.41. The van der Waals surface area contributed by atoms with Gasteiger partial charge in [0.25, 0.3) is 5.91 Å². The van der Waals surface area contributed by atoms with Gasteiger partial charge in [0.2, 0.25) is 0 Å². The summed E-state index contributed by atoms with van der Waals surface area (Å²) in [5.74, 6) is -0.00486. The molecule has 2 atom stereocenters. The highest BCUT2D eigenvalue weighted by molar-refractivity contribution is 5.89. The lowest BCUT2D eigenvalue weighted by molar-refractivity contribution is -0.127. The largest absolute Gasteiger partial charge is 0.481 e. The van der Waals surface area contributed by atoms with E-state index in [1.165, 1.54) is 5.56 Å². The summed E-state index contributed by atoms with van der Waals surface area (Å²) < 4.78 is 10.6. The summed E-state index contributed by atoms with van der Waals surface area (Å²) >= 11 is 0. The Hall–Kier alpha value is -2.82. The minimum atomic E-state index is -0.627. The molecule has 2 rings (SSSR count). The molecule has 1 N–H and O–H groups in total. The van der Waals surface area contributed by atoms with Crippen molar-refractivity contribution in [1.29, 1.82) is 0 Å². The maximum atomic E-state index is 12.3. The summed E-state index contributed by atoms with van der Waals surface area (Å²) in [6, 6.07) is 16.8. The highest BCUT2D eigenvalue weighted by Gasteiger charge is 2.17. The lowest BCUT2D eigenvalue weighted by atomic mass is 10.1. The minimum Gasteiger partial charge on any atom is -0.481 e. The molecule has 2 aromatic carbocycles. The number of aryl methyl sites for hydroxylation is 1. The molecule has 144 valence electrons. The Morgan fingerprint density at radius 3 is 2.30 bits per heavy atom. The fourth-order valence-corrected chi connectivity index (χ4v) is 2.60. The minimum absolute atomic E-state index is 0.0509. The van der Waals surface area contributed by atoms with E-state index in [2.05, 4.69) is 17.4 Å². The molecule has 5 nitrogen and oxygen atoms in total. The van der Waals surface area contributed by atoms with Crippen molar-refractivity contribution in [2.24, 2.45) is 0 Å². The van der Waals surface area contributed by atoms with Crippen LogP contribution in [0.25, 0.3) is 0 Å². The fourth-order valence-electron chi connectivity index (χ4n) is 2.60. The van der Waals surface area contributed by atoms with Crippen LogP contribution in [-0.4, -0.2) is 30.6 Å². The van der Waals surface area contributed by atoms with Crippen LogP contribution in [-0.2, 0) is 16.0 Å². The smallest absolute Gasteiger partial charge is 0.338 e. The SMILES string of the molecule is CCOC(=O)c1ccc(O[C@@H](C)C(=O)N[C@@H](C)CCc2ccccc2)cc1. The molecule has 0 fully saturated rings. The molecule has 0 saturated carbocycles. The zero-order valence-electron chi connectivity index (χ0n) is 16.1. The summed E-state index contributed by atoms with van der Waals surface area (Å²) in [7, 11) is 0. The first-order chi connectivity index (χ1) is 13.0. The molecule has 5 heteroatoms. The van der Waals surface area contributed by atoms with Gasteiger partial charge in [0, 0.05) is 6.04 Å². The maximum Gasteiger partial charge on any atom is 0.338 e. The van der Waals surface area contributed by atoms with Gasteiger partial charge < -0.3 is 14.8 Å². The molecule has 0 radical (unpaired) electrons. The highest BCUT2D eigenvalue weighted by Crippen LogP contribution is 2.15. The van der Waals surface area contributed by atoms with Crippen LogP contribution in [0.15, 0.2) is 54.6 Å². The number of ether oxygens (including phenoxy) is 2. The van der Waals surface area contributed by atoms with E-state index in [0.717, 1.165) is 12.8 Å². The number of carbonyl (C=O) groups is 2. The molecule has 0 saturated heterocycles. The third-order valence-corrected chi connectivity index (χ3v) is 4.15. The Morgan fingerprint density at radius 2 is 1.67 bits per heavy atom. The second-order valence-corrected chi connectivity index (χ2v) is 6.44. The summed E-state index contributed by atoms with van der Waals surface area (Å²) in [6.07, 6.45) is 1.14. The Bertz CT molecular complexity index is 728. The normalized spacial score (nSPS) is 12.7. The van der Waals surface area contributed by atoms with E-state index < -0.39 is 6.10 Å². The fraction of sp³-hybridized carbons (Fsp3) is 0.364. The van der Waals surface area contributed by atoms with Crippen LogP contribution in [0.3, 0.4) is 0 Å². The Balaban J connectivity index is 1.79. The number of rotatable bonds is 9. The predicted molar refractivity (Wildman–Crippen MR) is 105 cm³/mol. The van der Waals surface area contributed by atoms with Crippen LogP contribution in [0.2, 0.25) is 0 Å². The average molecular weight is 369 g/mol. The zero-order valence-corrected chi connectivity index (χ0v) is 16.1. The number of amides is 1. The van der Waals surface area contributed by atoms with Crippen molar-refractivity contribution in [2.75, 3.05) is 6.61 Å². The molecule has 27 heavy (non-hydrogen) atoms. The standard InChI is InChI=1S/C22H27NO4/c1-4-26-22(25)19-12-14-20(15-13-19)27-17(3)21(24)23-16(2)10-11-18-8-6-5-7-9-18/h5-9,12-17H,4,10-11H2,1-3H3,(H,23,24)/t16-,17-/m0/s1. The predicted octanol–water partition coefficient (Wildman–Crippen LogP) is 3.77. The first-order valence-electron chi connectivity index (χ1n) is 9.27. The molecule has 0 aromatic heterocycles. The molecule has 1 amide bonds. The molecule has 0 aliphatic heterocycles. The maximum absolute atomic E-state index is 12.3. The molecule has 0 aliphatic rings. The van der Waals surface area contributed by atoms with Gasteiger partial charge >= 0.3 is 5.97 Å². The molecular formula is C22H27NO4. The monoisotopic (exact) mass is 369 g/mol. The van der Waals surface area contributed by atoms with Crippen molar-refractivity contribution in [3.8, 4) is 5.75 Å². The zero-order chi connectivity index (χ0) is 19.6. The quantitative estimate of drug-likeness (QED) is 0.684. The summed E-state index contributed by atoms with van der Waals surface area (Å²) in [6.45, 7) is 5.79. The van der Waals surface area contributed by atoms with E-state index in [0.29, 0.717) is 17.9 Å². The molecule has 0 unspecified atom stereocenters. The summed E-state index contributed by atoms with van der Waals surface area (Å²) in [5, 5.41) is 2.98. The number of hydrogen-bond acceptors (Lipinski definition) is 4. The van der Waals surface area contributed by atoms with Crippen molar-refractivity contribution < 1.29 is 19.1 Å². The van der Waals surface area contributed by atoms with Gasteiger partial charge in [-0.05, 0) is 63.4 Å². The topological polar surface area (TPSA) is 64.6 Å². The van der Waals surface area contributed by atoms with Gasteiger partial charge in [-0.3, -0.25) is 4.79 Å². The van der Waals surface area contributed by atoms with E-state index in [4.69, 9.17) is 9.47 Å². The first-order valence-corrected chi connectivity index (χ1v) is 9.27. The second kappa shape index (κ2) is 10.4. The Morgan fingerprint density at radius 1 is 1.00 bits per heavy atom. The Kier molecular flexibility index (Phi) is 7.86. The van der Waals surface area contributed by atoms with Crippen LogP contribution >= 0.6 is 0 Å². The van der Waals surface area contributed by atoms with Gasteiger partial charge in [0.1, 0.15) is 5.75 Å². The van der Waals surface area contributed by atoms with Crippen molar-refractivity contribution in [2.45, 2.75) is 45.8 Å². The average Bonchev–Trinajstić information content (AvgIpc) is 2.68. The molecule has 0 spiro atoms. The van der Waals surface area contributed by atoms with E-state index in [9.17, 15) is 9.59 Å². The van der Waals surface area contributed by atoms with Crippen molar-refractivity contribution >= 4 is 11.9 Å². The molecule has 2 aromatic rings. The van der Waals surface area contributed by atoms with Crippen molar-refractivity contribution in [3.05, 3.63) is 65.7 Å². The lowest BCUT2D eigenvalue weighted by Gasteiger charge is -2.19. The Labute approximate surface area is 160 Å². The van der Waals surface area contributed by atoms with Crippen LogP contribution in [0.4, 0.5) is 0 Å². The van der Waals surface area contributed by atoms with Crippen molar-refractivity contribution in [3.63, 3.8) is 0 Å². The molecule has 0 heterocycles. The third kappa shape index (κ3) is 6.77. The number of nitrogens with one attached hydrogen (secondary N) is 1. The van der Waals surface area contributed by atoms with E-state index >= 15 is 0 Å². The van der Waals surface area contributed by atoms with Crippen LogP contribution in [0.5, 0.6) is 5.75 Å². The van der Waals surface area contributed by atoms with Gasteiger partial charge in [-0.25, -0.2) is 4.79 Å². The van der Waals surface area contributed by atoms with E-state index in [1.807, 2.05) is 25.1 Å². The van der Waals surface area contributed by atoms with Crippen molar-refractivity contribution in [1.82, 2.24) is 5.32 Å².